The Morgan fingerprint density at radius 1 is 0.542 bits per heavy atom. The standard InChI is InChI=1S/C23H14O/c24-21-12-11-17-13-15-7-3-1-5-9-18(15)22(17)23-19-10-6-2-4-8-16(19)14-20(21)23/h1-14H. The molecule has 0 unspecified atom stereocenters. The van der Waals surface area contributed by atoms with Crippen molar-refractivity contribution in [2.24, 2.45) is 0 Å². The van der Waals surface area contributed by atoms with Gasteiger partial charge in [-0.05, 0) is 51.2 Å². The van der Waals surface area contributed by atoms with Gasteiger partial charge in [0.2, 0.25) is 0 Å². The van der Waals surface area contributed by atoms with Crippen LogP contribution in [0.3, 0.4) is 0 Å². The van der Waals surface area contributed by atoms with Crippen molar-refractivity contribution in [3.63, 3.8) is 0 Å². The zero-order chi connectivity index (χ0) is 16.1. The Bertz CT molecular complexity index is 1220. The molecule has 1 aromatic carbocycles. The molecule has 4 aliphatic carbocycles. The first kappa shape index (κ1) is 13.3. The molecule has 0 spiro atoms. The van der Waals surface area contributed by atoms with E-state index in [0.717, 1.165) is 27.3 Å². The summed E-state index contributed by atoms with van der Waals surface area (Å²) in [6, 6.07) is 28.5. The minimum absolute atomic E-state index is 0.0773. The van der Waals surface area contributed by atoms with Crippen molar-refractivity contribution in [1.29, 1.82) is 0 Å². The molecular formula is C23H14O. The summed E-state index contributed by atoms with van der Waals surface area (Å²) in [6.45, 7) is 0. The Balaban J connectivity index is 2.15. The number of hydrogen-bond acceptors (Lipinski definition) is 1. The van der Waals surface area contributed by atoms with Gasteiger partial charge in [-0.15, -0.1) is 0 Å². The van der Waals surface area contributed by atoms with Crippen molar-refractivity contribution in [2.75, 3.05) is 0 Å². The molecule has 24 heavy (non-hydrogen) atoms. The minimum Gasteiger partial charge on any atom is -0.289 e. The van der Waals surface area contributed by atoms with Crippen LogP contribution in [0.25, 0.3) is 43.8 Å². The average molecular weight is 306 g/mol. The third kappa shape index (κ3) is 1.79. The molecule has 0 atom stereocenters. The Morgan fingerprint density at radius 3 is 1.92 bits per heavy atom. The van der Waals surface area contributed by atoms with Crippen LogP contribution in [0.1, 0.15) is 0 Å². The Labute approximate surface area is 139 Å². The second kappa shape index (κ2) is 4.90. The van der Waals surface area contributed by atoms with Gasteiger partial charge in [0, 0.05) is 10.8 Å². The maximum Gasteiger partial charge on any atom is 0.186 e. The summed E-state index contributed by atoms with van der Waals surface area (Å²) in [7, 11) is 0. The maximum atomic E-state index is 12.6. The third-order valence-electron chi connectivity index (χ3n) is 4.78. The van der Waals surface area contributed by atoms with Crippen LogP contribution in [0, 0.1) is 0 Å². The molecule has 5 rings (SSSR count). The van der Waals surface area contributed by atoms with E-state index in [1.165, 1.54) is 16.5 Å². The summed E-state index contributed by atoms with van der Waals surface area (Å²) in [4.78, 5) is 12.6. The fraction of sp³-hybridized carbons (Fsp3) is 0. The topological polar surface area (TPSA) is 17.1 Å². The molecule has 4 aliphatic rings. The monoisotopic (exact) mass is 306 g/mol. The van der Waals surface area contributed by atoms with Gasteiger partial charge in [-0.1, -0.05) is 66.7 Å². The van der Waals surface area contributed by atoms with E-state index in [4.69, 9.17) is 0 Å². The van der Waals surface area contributed by atoms with Crippen molar-refractivity contribution in [3.05, 3.63) is 95.2 Å². The van der Waals surface area contributed by atoms with Gasteiger partial charge < -0.3 is 0 Å². The first-order valence-electron chi connectivity index (χ1n) is 8.09. The molecule has 1 nitrogen and oxygen atoms in total. The molecular weight excluding hydrogens is 292 g/mol. The van der Waals surface area contributed by atoms with E-state index in [9.17, 15) is 4.79 Å². The van der Waals surface area contributed by atoms with Crippen LogP contribution in [-0.4, -0.2) is 0 Å². The van der Waals surface area contributed by atoms with Gasteiger partial charge in [-0.25, -0.2) is 0 Å². The Morgan fingerprint density at radius 2 is 1.17 bits per heavy atom. The summed E-state index contributed by atoms with van der Waals surface area (Å²) in [5.74, 6) is 0. The van der Waals surface area contributed by atoms with Crippen LogP contribution in [0.15, 0.2) is 89.7 Å². The highest BCUT2D eigenvalue weighted by molar-refractivity contribution is 6.22. The molecule has 0 aromatic heterocycles. The van der Waals surface area contributed by atoms with Crippen LogP contribution in [0.5, 0.6) is 0 Å². The van der Waals surface area contributed by atoms with Gasteiger partial charge in [0.25, 0.3) is 0 Å². The zero-order valence-electron chi connectivity index (χ0n) is 13.0. The lowest BCUT2D eigenvalue weighted by Crippen LogP contribution is -1.91. The molecule has 0 fully saturated rings. The van der Waals surface area contributed by atoms with Gasteiger partial charge >= 0.3 is 0 Å². The second-order valence-electron chi connectivity index (χ2n) is 6.16. The van der Waals surface area contributed by atoms with Crippen molar-refractivity contribution in [1.82, 2.24) is 0 Å². The van der Waals surface area contributed by atoms with Crippen molar-refractivity contribution in [3.8, 4) is 22.3 Å². The Hall–Kier alpha value is -3.19. The molecule has 0 bridgehead atoms. The summed E-state index contributed by atoms with van der Waals surface area (Å²) >= 11 is 0. The normalized spacial score (nSPS) is 11.5. The molecule has 0 radical (unpaired) electrons. The number of rotatable bonds is 0. The number of fused-ring (bicyclic) bond motifs is 7. The van der Waals surface area contributed by atoms with Crippen molar-refractivity contribution >= 4 is 21.5 Å². The van der Waals surface area contributed by atoms with Gasteiger partial charge in [0.15, 0.2) is 5.43 Å². The van der Waals surface area contributed by atoms with Gasteiger partial charge in [0.05, 0.1) is 0 Å². The molecule has 0 amide bonds. The predicted octanol–water partition coefficient (Wildman–Crippen LogP) is 5.56. The number of hydrogen-bond donors (Lipinski definition) is 0. The lowest BCUT2D eigenvalue weighted by Gasteiger charge is -1.98. The fourth-order valence-electron chi connectivity index (χ4n) is 3.73. The molecule has 0 N–H and O–H groups in total. The largest absolute Gasteiger partial charge is 0.289 e. The first-order chi connectivity index (χ1) is 11.8. The summed E-state index contributed by atoms with van der Waals surface area (Å²) in [5.41, 5.74) is 4.70. The van der Waals surface area contributed by atoms with Crippen molar-refractivity contribution in [2.45, 2.75) is 0 Å². The highest BCUT2D eigenvalue weighted by Gasteiger charge is 2.17. The third-order valence-corrected chi connectivity index (χ3v) is 4.78. The minimum atomic E-state index is 0.0773. The Kier molecular flexibility index (Phi) is 2.71. The van der Waals surface area contributed by atoms with E-state index in [1.807, 2.05) is 36.4 Å². The molecule has 0 saturated carbocycles. The molecule has 0 saturated heterocycles. The average Bonchev–Trinajstić information content (AvgIpc) is 2.84. The summed E-state index contributed by atoms with van der Waals surface area (Å²) in [5, 5.41) is 4.14. The molecule has 0 heterocycles. The highest BCUT2D eigenvalue weighted by atomic mass is 16.1. The van der Waals surface area contributed by atoms with Gasteiger partial charge in [-0.3, -0.25) is 4.79 Å². The van der Waals surface area contributed by atoms with E-state index < -0.39 is 0 Å². The lowest BCUT2D eigenvalue weighted by atomic mass is 10.0. The molecule has 1 heteroatoms. The lowest BCUT2D eigenvalue weighted by molar-refractivity contribution is 1.76. The smallest absolute Gasteiger partial charge is 0.186 e. The highest BCUT2D eigenvalue weighted by Crippen LogP contribution is 2.42. The molecule has 1 aromatic rings. The maximum absolute atomic E-state index is 12.6. The van der Waals surface area contributed by atoms with Gasteiger partial charge in [-0.2, -0.15) is 0 Å². The summed E-state index contributed by atoms with van der Waals surface area (Å²) in [6.07, 6.45) is 0. The van der Waals surface area contributed by atoms with E-state index in [1.54, 1.807) is 6.07 Å². The quantitative estimate of drug-likeness (QED) is 0.366. The fourth-order valence-corrected chi connectivity index (χ4v) is 3.73. The van der Waals surface area contributed by atoms with Crippen LogP contribution in [-0.2, 0) is 0 Å². The summed E-state index contributed by atoms with van der Waals surface area (Å²) < 4.78 is 0. The first-order valence-corrected chi connectivity index (χ1v) is 8.09. The van der Waals surface area contributed by atoms with Crippen molar-refractivity contribution < 1.29 is 0 Å². The van der Waals surface area contributed by atoms with Crippen LogP contribution in [0.4, 0.5) is 0 Å². The van der Waals surface area contributed by atoms with E-state index in [2.05, 4.69) is 42.5 Å². The SMILES string of the molecule is O=c1ccc2cc3cccccc-3c2c2c3cccccc-3cc12. The van der Waals surface area contributed by atoms with Crippen LogP contribution < -0.4 is 5.43 Å². The van der Waals surface area contributed by atoms with E-state index >= 15 is 0 Å². The van der Waals surface area contributed by atoms with E-state index in [-0.39, 0.29) is 5.43 Å². The zero-order valence-corrected chi connectivity index (χ0v) is 13.0. The molecule has 112 valence electrons. The second-order valence-corrected chi connectivity index (χ2v) is 6.16. The van der Waals surface area contributed by atoms with Crippen LogP contribution >= 0.6 is 0 Å². The molecule has 0 aliphatic heterocycles. The van der Waals surface area contributed by atoms with Gasteiger partial charge in [0.1, 0.15) is 0 Å². The van der Waals surface area contributed by atoms with Crippen LogP contribution in [0.2, 0.25) is 0 Å². The predicted molar refractivity (Wildman–Crippen MR) is 101 cm³/mol. The van der Waals surface area contributed by atoms with E-state index in [0.29, 0.717) is 0 Å².